The lowest BCUT2D eigenvalue weighted by Crippen LogP contribution is -2.27. The van der Waals surface area contributed by atoms with Crippen LogP contribution < -0.4 is 5.32 Å². The summed E-state index contributed by atoms with van der Waals surface area (Å²) in [6, 6.07) is 8.19. The molecule has 1 aromatic rings. The molecule has 1 aromatic carbocycles. The highest BCUT2D eigenvalue weighted by atomic mass is 16.4. The van der Waals surface area contributed by atoms with E-state index in [1.54, 1.807) is 0 Å². The fraction of sp³-hybridized carbons (Fsp3) is 0.385. The quantitative estimate of drug-likeness (QED) is 0.732. The first-order chi connectivity index (χ1) is 8.11. The lowest BCUT2D eigenvalue weighted by molar-refractivity contribution is -0.140. The van der Waals surface area contributed by atoms with Gasteiger partial charge in [-0.15, -0.1) is 0 Å². The van der Waals surface area contributed by atoms with E-state index >= 15 is 0 Å². The largest absolute Gasteiger partial charge is 0.481 e. The van der Waals surface area contributed by atoms with Crippen molar-refractivity contribution >= 4 is 11.9 Å². The van der Waals surface area contributed by atoms with E-state index in [0.29, 0.717) is 6.54 Å². The lowest BCUT2D eigenvalue weighted by Gasteiger charge is -2.04. The standard InChI is InChI=1S/C13H17NO3/c1-2-10-3-5-11(6-4-10)7-8-14-12(15)9-13(16)17/h3-6H,2,7-9H2,1H3,(H,14,15)(H,16,17). The number of rotatable bonds is 6. The number of carbonyl (C=O) groups is 2. The number of hydrogen-bond donors (Lipinski definition) is 2. The van der Waals surface area contributed by atoms with Gasteiger partial charge in [0.2, 0.25) is 5.91 Å². The molecule has 0 aromatic heterocycles. The molecule has 2 N–H and O–H groups in total. The van der Waals surface area contributed by atoms with Crippen LogP contribution >= 0.6 is 0 Å². The van der Waals surface area contributed by atoms with E-state index in [1.807, 2.05) is 12.1 Å². The molecule has 0 aliphatic carbocycles. The van der Waals surface area contributed by atoms with Crippen LogP contribution in [0.3, 0.4) is 0 Å². The average Bonchev–Trinajstić information content (AvgIpc) is 2.29. The SMILES string of the molecule is CCc1ccc(CCNC(=O)CC(=O)O)cc1. The molecule has 1 rings (SSSR count). The van der Waals surface area contributed by atoms with Crippen LogP contribution in [0, 0.1) is 0 Å². The van der Waals surface area contributed by atoms with Crippen molar-refractivity contribution in [2.24, 2.45) is 0 Å². The molecule has 0 aliphatic heterocycles. The molecule has 1 amide bonds. The summed E-state index contributed by atoms with van der Waals surface area (Å²) in [6.07, 6.45) is 1.26. The smallest absolute Gasteiger partial charge is 0.312 e. The number of carboxylic acids is 1. The first kappa shape index (κ1) is 13.2. The van der Waals surface area contributed by atoms with Gasteiger partial charge in [-0.1, -0.05) is 31.2 Å². The summed E-state index contributed by atoms with van der Waals surface area (Å²) < 4.78 is 0. The van der Waals surface area contributed by atoms with Crippen molar-refractivity contribution in [3.63, 3.8) is 0 Å². The van der Waals surface area contributed by atoms with E-state index < -0.39 is 18.3 Å². The molecule has 92 valence electrons. The van der Waals surface area contributed by atoms with Crippen molar-refractivity contribution in [1.29, 1.82) is 0 Å². The summed E-state index contributed by atoms with van der Waals surface area (Å²) in [5, 5.41) is 11.0. The van der Waals surface area contributed by atoms with Gasteiger partial charge in [0.15, 0.2) is 0 Å². The van der Waals surface area contributed by atoms with Gasteiger partial charge in [-0.3, -0.25) is 9.59 Å². The van der Waals surface area contributed by atoms with E-state index in [4.69, 9.17) is 5.11 Å². The maximum atomic E-state index is 11.1. The van der Waals surface area contributed by atoms with Crippen molar-refractivity contribution in [2.45, 2.75) is 26.2 Å². The minimum absolute atomic E-state index is 0.442. The van der Waals surface area contributed by atoms with Gasteiger partial charge in [-0.05, 0) is 24.0 Å². The molecule has 0 unspecified atom stereocenters. The van der Waals surface area contributed by atoms with Crippen molar-refractivity contribution in [3.8, 4) is 0 Å². The molecular formula is C13H17NO3. The zero-order valence-electron chi connectivity index (χ0n) is 9.90. The predicted molar refractivity (Wildman–Crippen MR) is 64.8 cm³/mol. The Balaban J connectivity index is 2.30. The number of hydrogen-bond acceptors (Lipinski definition) is 2. The van der Waals surface area contributed by atoms with E-state index in [9.17, 15) is 9.59 Å². The minimum atomic E-state index is -1.10. The molecule has 0 heterocycles. The summed E-state index contributed by atoms with van der Waals surface area (Å²) >= 11 is 0. The van der Waals surface area contributed by atoms with E-state index in [-0.39, 0.29) is 0 Å². The Labute approximate surface area is 101 Å². The fourth-order valence-electron chi connectivity index (χ4n) is 1.49. The summed E-state index contributed by atoms with van der Waals surface area (Å²) in [5.74, 6) is -1.54. The number of amides is 1. The van der Waals surface area contributed by atoms with Crippen molar-refractivity contribution in [2.75, 3.05) is 6.54 Å². The minimum Gasteiger partial charge on any atom is -0.481 e. The van der Waals surface area contributed by atoms with Gasteiger partial charge >= 0.3 is 5.97 Å². The van der Waals surface area contributed by atoms with Crippen molar-refractivity contribution in [3.05, 3.63) is 35.4 Å². The number of nitrogens with one attached hydrogen (secondary N) is 1. The summed E-state index contributed by atoms with van der Waals surface area (Å²) in [5.41, 5.74) is 2.42. The lowest BCUT2D eigenvalue weighted by atomic mass is 10.1. The Kier molecular flexibility index (Phi) is 5.20. The number of carbonyl (C=O) groups excluding carboxylic acids is 1. The second-order valence-electron chi connectivity index (χ2n) is 3.84. The molecule has 0 saturated carbocycles. The van der Waals surface area contributed by atoms with E-state index in [0.717, 1.165) is 18.4 Å². The second kappa shape index (κ2) is 6.68. The Morgan fingerprint density at radius 2 is 1.76 bits per heavy atom. The molecule has 0 radical (unpaired) electrons. The second-order valence-corrected chi connectivity index (χ2v) is 3.84. The number of carboxylic acid groups (broad SMARTS) is 1. The number of aliphatic carboxylic acids is 1. The van der Waals surface area contributed by atoms with Gasteiger partial charge in [0.05, 0.1) is 0 Å². The highest BCUT2D eigenvalue weighted by Crippen LogP contribution is 2.05. The highest BCUT2D eigenvalue weighted by molar-refractivity contribution is 5.93. The van der Waals surface area contributed by atoms with Crippen molar-refractivity contribution in [1.82, 2.24) is 5.32 Å². The fourth-order valence-corrected chi connectivity index (χ4v) is 1.49. The molecule has 17 heavy (non-hydrogen) atoms. The van der Waals surface area contributed by atoms with Crippen molar-refractivity contribution < 1.29 is 14.7 Å². The van der Waals surface area contributed by atoms with Crippen LogP contribution in [0.2, 0.25) is 0 Å². The Hall–Kier alpha value is -1.84. The maximum Gasteiger partial charge on any atom is 0.312 e. The number of benzene rings is 1. The van der Waals surface area contributed by atoms with E-state index in [1.165, 1.54) is 5.56 Å². The zero-order chi connectivity index (χ0) is 12.7. The molecule has 4 nitrogen and oxygen atoms in total. The van der Waals surface area contributed by atoms with Crippen LogP contribution in [0.4, 0.5) is 0 Å². The number of aryl methyl sites for hydroxylation is 1. The van der Waals surface area contributed by atoms with Crippen LogP contribution in [0.15, 0.2) is 24.3 Å². The van der Waals surface area contributed by atoms with Gasteiger partial charge in [0.25, 0.3) is 0 Å². The third-order valence-electron chi connectivity index (χ3n) is 2.48. The van der Waals surface area contributed by atoms with Gasteiger partial charge in [-0.2, -0.15) is 0 Å². The molecule has 0 saturated heterocycles. The third-order valence-corrected chi connectivity index (χ3v) is 2.48. The van der Waals surface area contributed by atoms with Crippen LogP contribution in [0.25, 0.3) is 0 Å². The van der Waals surface area contributed by atoms with Crippen LogP contribution in [0.5, 0.6) is 0 Å². The predicted octanol–water partition coefficient (Wildman–Crippen LogP) is 1.38. The maximum absolute atomic E-state index is 11.1. The molecule has 0 aliphatic rings. The third kappa shape index (κ3) is 5.15. The van der Waals surface area contributed by atoms with Gasteiger partial charge in [-0.25, -0.2) is 0 Å². The topological polar surface area (TPSA) is 66.4 Å². The summed E-state index contributed by atoms with van der Waals surface area (Å²) in [7, 11) is 0. The highest BCUT2D eigenvalue weighted by Gasteiger charge is 2.05. The molecule has 4 heteroatoms. The van der Waals surface area contributed by atoms with Crippen LogP contribution in [-0.2, 0) is 22.4 Å². The molecule has 0 bridgehead atoms. The Bertz CT molecular complexity index is 384. The molecule has 0 atom stereocenters. The zero-order valence-corrected chi connectivity index (χ0v) is 9.90. The van der Waals surface area contributed by atoms with Gasteiger partial charge in [0.1, 0.15) is 6.42 Å². The van der Waals surface area contributed by atoms with E-state index in [2.05, 4.69) is 24.4 Å². The average molecular weight is 235 g/mol. The van der Waals surface area contributed by atoms with Crippen LogP contribution in [0.1, 0.15) is 24.5 Å². The molecule has 0 spiro atoms. The molecule has 0 fully saturated rings. The van der Waals surface area contributed by atoms with Crippen LogP contribution in [-0.4, -0.2) is 23.5 Å². The first-order valence-corrected chi connectivity index (χ1v) is 5.68. The Morgan fingerprint density at radius 1 is 1.18 bits per heavy atom. The molecular weight excluding hydrogens is 218 g/mol. The summed E-state index contributed by atoms with van der Waals surface area (Å²) in [6.45, 7) is 2.57. The van der Waals surface area contributed by atoms with Gasteiger partial charge in [0, 0.05) is 6.54 Å². The monoisotopic (exact) mass is 235 g/mol. The Morgan fingerprint density at radius 3 is 2.29 bits per heavy atom. The summed E-state index contributed by atoms with van der Waals surface area (Å²) in [4.78, 5) is 21.3. The first-order valence-electron chi connectivity index (χ1n) is 5.68. The van der Waals surface area contributed by atoms with Gasteiger partial charge < -0.3 is 10.4 Å². The normalized spacial score (nSPS) is 9.94.